The minimum absolute atomic E-state index is 0. The first kappa shape index (κ1) is 34.1. The SMILES string of the molecule is O=[C-]c1ccccc1P(c1ccccc1)c1ccccc1.[C-]#[O+].[C-]#[O+].[C-]#[O+].[Fe+2].[S-]c1ccccc1. The van der Waals surface area contributed by atoms with E-state index in [0.29, 0.717) is 5.56 Å². The van der Waals surface area contributed by atoms with E-state index in [0.717, 1.165) is 10.2 Å². The summed E-state index contributed by atoms with van der Waals surface area (Å²) in [6.45, 7) is 13.5. The van der Waals surface area contributed by atoms with Crippen LogP contribution in [0.25, 0.3) is 0 Å². The van der Waals surface area contributed by atoms with Crippen LogP contribution in [0.2, 0.25) is 0 Å². The molecule has 35 heavy (non-hydrogen) atoms. The first-order chi connectivity index (χ1) is 16.8. The van der Waals surface area contributed by atoms with Crippen molar-refractivity contribution in [3.8, 4) is 0 Å². The Kier molecular flexibility index (Phi) is 22.1. The second-order valence-electron chi connectivity index (χ2n) is 5.94. The van der Waals surface area contributed by atoms with Gasteiger partial charge in [0, 0.05) is 0 Å². The number of rotatable bonds is 4. The third-order valence-corrected chi connectivity index (χ3v) is 6.80. The van der Waals surface area contributed by atoms with Gasteiger partial charge in [0.15, 0.2) is 0 Å². The average molecular weight is 538 g/mol. The number of hydrogen-bond donors (Lipinski definition) is 0. The Labute approximate surface area is 223 Å². The van der Waals surface area contributed by atoms with E-state index in [2.05, 4.69) is 50.5 Å². The normalized spacial score (nSPS) is 8.20. The van der Waals surface area contributed by atoms with Gasteiger partial charge < -0.3 is 17.4 Å². The Bertz CT molecular complexity index is 1080. The molecule has 0 amide bonds. The molecule has 0 aliphatic heterocycles. The topological polar surface area (TPSA) is 76.8 Å². The zero-order valence-corrected chi connectivity index (χ0v) is 21.1. The molecule has 0 aliphatic carbocycles. The Morgan fingerprint density at radius 1 is 0.571 bits per heavy atom. The fraction of sp³-hybridized carbons (Fsp3) is 0. The van der Waals surface area contributed by atoms with Crippen molar-refractivity contribution in [2.24, 2.45) is 0 Å². The van der Waals surface area contributed by atoms with Crippen LogP contribution in [0.5, 0.6) is 0 Å². The van der Waals surface area contributed by atoms with Crippen molar-refractivity contribution in [3.63, 3.8) is 0 Å². The van der Waals surface area contributed by atoms with E-state index in [1.165, 1.54) is 10.6 Å². The molecular formula is C28H19FeO4PS. The van der Waals surface area contributed by atoms with Gasteiger partial charge in [-0.25, -0.2) is 0 Å². The quantitative estimate of drug-likeness (QED) is 0.127. The van der Waals surface area contributed by atoms with Crippen LogP contribution < -0.4 is 15.9 Å². The molecule has 0 saturated heterocycles. The molecule has 7 heteroatoms. The van der Waals surface area contributed by atoms with Crippen molar-refractivity contribution >= 4 is 42.8 Å². The summed E-state index contributed by atoms with van der Waals surface area (Å²) in [5.74, 6) is 0. The van der Waals surface area contributed by atoms with E-state index in [-0.39, 0.29) is 17.1 Å². The second-order valence-corrected chi connectivity index (χ2v) is 8.60. The van der Waals surface area contributed by atoms with Gasteiger partial charge in [-0.3, -0.25) is 0 Å². The van der Waals surface area contributed by atoms with Gasteiger partial charge in [-0.2, -0.15) is 11.0 Å². The number of hydrogen-bond acceptors (Lipinski definition) is 2. The molecule has 4 aromatic rings. The van der Waals surface area contributed by atoms with Crippen molar-refractivity contribution in [1.82, 2.24) is 0 Å². The van der Waals surface area contributed by atoms with Gasteiger partial charge in [-0.05, 0) is 10.6 Å². The Hall–Kier alpha value is -3.06. The number of benzene rings is 4. The third-order valence-electron chi connectivity index (χ3n) is 4.03. The molecule has 174 valence electrons. The van der Waals surface area contributed by atoms with Crippen molar-refractivity contribution in [3.05, 3.63) is 141 Å². The van der Waals surface area contributed by atoms with Gasteiger partial charge in [0.25, 0.3) is 0 Å². The molecule has 0 radical (unpaired) electrons. The van der Waals surface area contributed by atoms with Crippen LogP contribution in [0, 0.1) is 20.0 Å². The molecular weight excluding hydrogens is 519 g/mol. The fourth-order valence-corrected chi connectivity index (χ4v) is 5.31. The summed E-state index contributed by atoms with van der Waals surface area (Å²) in [6.07, 6.45) is 2.08. The Morgan fingerprint density at radius 3 is 1.26 bits per heavy atom. The van der Waals surface area contributed by atoms with Gasteiger partial charge in [0.05, 0.1) is 6.29 Å². The van der Waals surface area contributed by atoms with Crippen molar-refractivity contribution in [2.45, 2.75) is 4.90 Å². The van der Waals surface area contributed by atoms with E-state index in [1.807, 2.05) is 91.0 Å². The Balaban J connectivity index is 0. The molecule has 0 aliphatic rings. The summed E-state index contributed by atoms with van der Waals surface area (Å²) < 4.78 is 22.5. The molecule has 0 fully saturated rings. The van der Waals surface area contributed by atoms with Gasteiger partial charge in [-0.15, -0.1) is 23.0 Å². The third kappa shape index (κ3) is 12.3. The molecule has 0 unspecified atom stereocenters. The van der Waals surface area contributed by atoms with Crippen LogP contribution in [0.3, 0.4) is 0 Å². The summed E-state index contributed by atoms with van der Waals surface area (Å²) in [7, 11) is -0.735. The molecule has 4 rings (SSSR count). The van der Waals surface area contributed by atoms with E-state index in [1.54, 1.807) is 0 Å². The van der Waals surface area contributed by atoms with Crippen LogP contribution in [0.1, 0.15) is 5.56 Å². The van der Waals surface area contributed by atoms with Gasteiger partial charge in [0.2, 0.25) is 0 Å². The first-order valence-electron chi connectivity index (χ1n) is 9.50. The van der Waals surface area contributed by atoms with Gasteiger partial charge >= 0.3 is 51.0 Å². The minimum Gasteiger partial charge on any atom is -0.780 e. The Morgan fingerprint density at radius 2 is 0.914 bits per heavy atom. The first-order valence-corrected chi connectivity index (χ1v) is 11.3. The predicted octanol–water partition coefficient (Wildman–Crippen LogP) is 4.38. The second kappa shape index (κ2) is 22.7. The summed E-state index contributed by atoms with van der Waals surface area (Å²) in [6, 6.07) is 38.1. The van der Waals surface area contributed by atoms with E-state index >= 15 is 0 Å². The van der Waals surface area contributed by atoms with Crippen molar-refractivity contribution in [2.75, 3.05) is 0 Å². The maximum atomic E-state index is 11.3. The van der Waals surface area contributed by atoms with Crippen LogP contribution >= 0.6 is 7.92 Å². The van der Waals surface area contributed by atoms with Crippen LogP contribution in [0.15, 0.2) is 120 Å². The molecule has 0 bridgehead atoms. The van der Waals surface area contributed by atoms with Gasteiger partial charge in [-0.1, -0.05) is 105 Å². The minimum atomic E-state index is -0.735. The molecule has 0 aromatic heterocycles. The molecule has 0 saturated carbocycles. The fourth-order valence-electron chi connectivity index (χ4n) is 2.76. The monoisotopic (exact) mass is 538 g/mol. The molecule has 0 atom stereocenters. The maximum Gasteiger partial charge on any atom is 2.00 e. The van der Waals surface area contributed by atoms with Crippen molar-refractivity contribution in [1.29, 1.82) is 0 Å². The van der Waals surface area contributed by atoms with Crippen LogP contribution in [-0.2, 0) is 48.4 Å². The summed E-state index contributed by atoms with van der Waals surface area (Å²) in [5.41, 5.74) is 0.649. The smallest absolute Gasteiger partial charge is 0.780 e. The predicted molar refractivity (Wildman–Crippen MR) is 134 cm³/mol. The van der Waals surface area contributed by atoms with Crippen molar-refractivity contribution < 1.29 is 35.8 Å². The largest absolute Gasteiger partial charge is 2.00 e. The summed E-state index contributed by atoms with van der Waals surface area (Å²) in [5, 5.41) is 3.53. The van der Waals surface area contributed by atoms with Gasteiger partial charge in [0.1, 0.15) is 0 Å². The molecule has 4 aromatic carbocycles. The standard InChI is InChI=1S/C19H14OP.C6H6S.3CO.Fe/c20-15-16-9-7-8-14-19(16)21(17-10-3-1-4-11-17)18-12-5-2-6-13-18;7-6-4-2-1-3-5-6;3*1-2;/h1-14H;1-5,7H;;;;/q-1;;;;;+2/p-1. The molecule has 4 nitrogen and oxygen atoms in total. The number of carbonyl (C=O) groups excluding carboxylic acids is 1. The molecule has 0 spiro atoms. The molecule has 0 heterocycles. The van der Waals surface area contributed by atoms with E-state index < -0.39 is 7.92 Å². The average Bonchev–Trinajstić information content (AvgIpc) is 2.94. The van der Waals surface area contributed by atoms with E-state index in [4.69, 9.17) is 26.6 Å². The van der Waals surface area contributed by atoms with Crippen LogP contribution in [0.4, 0.5) is 0 Å². The van der Waals surface area contributed by atoms with E-state index in [9.17, 15) is 4.79 Å². The maximum absolute atomic E-state index is 11.3. The zero-order valence-electron chi connectivity index (χ0n) is 18.3. The zero-order chi connectivity index (χ0) is 25.6. The summed E-state index contributed by atoms with van der Waals surface area (Å²) in [4.78, 5) is 12.2. The molecule has 0 N–H and O–H groups in total. The summed E-state index contributed by atoms with van der Waals surface area (Å²) >= 11 is 4.81. The van der Waals surface area contributed by atoms with Crippen LogP contribution in [-0.4, -0.2) is 6.29 Å².